The van der Waals surface area contributed by atoms with Crippen molar-refractivity contribution in [3.63, 3.8) is 0 Å². The minimum absolute atomic E-state index is 0.152. The van der Waals surface area contributed by atoms with Crippen LogP contribution in [0.3, 0.4) is 0 Å². The van der Waals surface area contributed by atoms with Crippen molar-refractivity contribution in [3.8, 4) is 0 Å². The Morgan fingerprint density at radius 3 is 2.21 bits per heavy atom. The smallest absolute Gasteiger partial charge is 0.356 e. The van der Waals surface area contributed by atoms with Crippen LogP contribution >= 0.6 is 0 Å². The number of aryl methyl sites for hydroxylation is 1. The summed E-state index contributed by atoms with van der Waals surface area (Å²) in [6.45, 7) is 0.539. The summed E-state index contributed by atoms with van der Waals surface area (Å²) < 4.78 is 37.7. The van der Waals surface area contributed by atoms with Gasteiger partial charge in [-0.1, -0.05) is 30.3 Å². The monoisotopic (exact) mass is 390 g/mol. The molecule has 0 bridgehead atoms. The summed E-state index contributed by atoms with van der Waals surface area (Å²) in [6, 6.07) is 14.2. The zero-order chi connectivity index (χ0) is 20.1. The molecule has 2 aromatic rings. The average Bonchev–Trinajstić information content (AvgIpc) is 3.47. The maximum atomic E-state index is 12.6. The third-order valence-electron chi connectivity index (χ3n) is 4.73. The first-order valence-corrected chi connectivity index (χ1v) is 9.14. The van der Waals surface area contributed by atoms with E-state index < -0.39 is 17.7 Å². The summed E-state index contributed by atoms with van der Waals surface area (Å²) in [5, 5.41) is 5.41. The van der Waals surface area contributed by atoms with Crippen molar-refractivity contribution in [1.82, 2.24) is 5.32 Å². The number of halogens is 3. The molecule has 0 aliphatic heterocycles. The lowest BCUT2D eigenvalue weighted by molar-refractivity contribution is -0.137. The average molecular weight is 390 g/mol. The van der Waals surface area contributed by atoms with Gasteiger partial charge in [0.15, 0.2) is 0 Å². The molecular weight excluding hydrogens is 369 g/mol. The lowest BCUT2D eigenvalue weighted by atomic mass is 10.1. The highest BCUT2D eigenvalue weighted by atomic mass is 19.4. The molecule has 2 amide bonds. The number of anilines is 1. The Hall–Kier alpha value is -2.83. The summed E-state index contributed by atoms with van der Waals surface area (Å²) in [6.07, 6.45) is -2.28. The van der Waals surface area contributed by atoms with Crippen molar-refractivity contribution in [2.24, 2.45) is 11.8 Å². The second-order valence-corrected chi connectivity index (χ2v) is 6.89. The van der Waals surface area contributed by atoms with Gasteiger partial charge in [0.25, 0.3) is 0 Å². The van der Waals surface area contributed by atoms with Crippen molar-refractivity contribution in [2.45, 2.75) is 25.4 Å². The van der Waals surface area contributed by atoms with Crippen molar-refractivity contribution in [3.05, 3.63) is 65.7 Å². The summed E-state index contributed by atoms with van der Waals surface area (Å²) in [4.78, 5) is 24.3. The Kier molecular flexibility index (Phi) is 6.02. The molecule has 1 fully saturated rings. The molecule has 4 nitrogen and oxygen atoms in total. The van der Waals surface area contributed by atoms with E-state index in [0.29, 0.717) is 13.0 Å². The number of amides is 2. The lowest BCUT2D eigenvalue weighted by Crippen LogP contribution is -2.28. The predicted molar refractivity (Wildman–Crippen MR) is 99.4 cm³/mol. The number of nitrogens with one attached hydrogen (secondary N) is 2. The molecule has 148 valence electrons. The van der Waals surface area contributed by atoms with Crippen LogP contribution in [-0.4, -0.2) is 18.4 Å². The predicted octanol–water partition coefficient (Wildman–Crippen LogP) is 4.03. The van der Waals surface area contributed by atoms with Crippen LogP contribution in [0.15, 0.2) is 54.6 Å². The molecule has 0 heterocycles. The molecule has 1 aliphatic rings. The van der Waals surface area contributed by atoms with Gasteiger partial charge in [0.05, 0.1) is 17.4 Å². The number of hydrogen-bond donors (Lipinski definition) is 2. The fraction of sp³-hybridized carbons (Fsp3) is 0.333. The van der Waals surface area contributed by atoms with Gasteiger partial charge in [0.1, 0.15) is 0 Å². The maximum Gasteiger partial charge on any atom is 0.416 e. The molecule has 2 atom stereocenters. The summed E-state index contributed by atoms with van der Waals surface area (Å²) in [5.41, 5.74) is 0.716. The Bertz CT molecular complexity index is 820. The van der Waals surface area contributed by atoms with Gasteiger partial charge in [0.2, 0.25) is 11.8 Å². The second kappa shape index (κ2) is 8.46. The van der Waals surface area contributed by atoms with E-state index in [1.165, 1.54) is 17.7 Å². The van der Waals surface area contributed by atoms with Crippen molar-refractivity contribution in [1.29, 1.82) is 0 Å². The minimum Gasteiger partial charge on any atom is -0.356 e. The highest BCUT2D eigenvalue weighted by Gasteiger charge is 2.47. The Balaban J connectivity index is 1.39. The zero-order valence-electron chi connectivity index (χ0n) is 15.1. The molecular formula is C21H21F3N2O2. The summed E-state index contributed by atoms with van der Waals surface area (Å²) in [5.74, 6) is -1.30. The van der Waals surface area contributed by atoms with Crippen LogP contribution in [0.5, 0.6) is 0 Å². The van der Waals surface area contributed by atoms with Gasteiger partial charge in [-0.05, 0) is 49.1 Å². The topological polar surface area (TPSA) is 58.2 Å². The van der Waals surface area contributed by atoms with Gasteiger partial charge in [-0.25, -0.2) is 0 Å². The number of carbonyl (C=O) groups excluding carboxylic acids is 2. The molecule has 7 heteroatoms. The van der Waals surface area contributed by atoms with Gasteiger partial charge in [-0.15, -0.1) is 0 Å². The first-order chi connectivity index (χ1) is 13.3. The Morgan fingerprint density at radius 1 is 0.929 bits per heavy atom. The third kappa shape index (κ3) is 5.34. The number of hydrogen-bond acceptors (Lipinski definition) is 2. The lowest BCUT2D eigenvalue weighted by Gasteiger charge is -2.09. The van der Waals surface area contributed by atoms with Crippen LogP contribution in [0.25, 0.3) is 0 Å². The molecule has 0 radical (unpaired) electrons. The van der Waals surface area contributed by atoms with E-state index in [1.54, 1.807) is 0 Å². The highest BCUT2D eigenvalue weighted by molar-refractivity contribution is 5.99. The molecule has 2 N–H and O–H groups in total. The van der Waals surface area contributed by atoms with Gasteiger partial charge in [-0.3, -0.25) is 9.59 Å². The van der Waals surface area contributed by atoms with E-state index in [-0.39, 0.29) is 23.4 Å². The van der Waals surface area contributed by atoms with Gasteiger partial charge in [-0.2, -0.15) is 13.2 Å². The number of carbonyl (C=O) groups is 2. The minimum atomic E-state index is -4.41. The van der Waals surface area contributed by atoms with E-state index >= 15 is 0 Å². The summed E-state index contributed by atoms with van der Waals surface area (Å²) >= 11 is 0. The fourth-order valence-corrected chi connectivity index (χ4v) is 3.03. The van der Waals surface area contributed by atoms with Crippen LogP contribution in [-0.2, 0) is 22.2 Å². The van der Waals surface area contributed by atoms with Crippen molar-refractivity contribution < 1.29 is 22.8 Å². The highest BCUT2D eigenvalue weighted by Crippen LogP contribution is 2.39. The van der Waals surface area contributed by atoms with Gasteiger partial charge < -0.3 is 10.6 Å². The van der Waals surface area contributed by atoms with Crippen LogP contribution in [0.4, 0.5) is 18.9 Å². The molecule has 1 aliphatic carbocycles. The summed E-state index contributed by atoms with van der Waals surface area (Å²) in [7, 11) is 0. The maximum absolute atomic E-state index is 12.6. The SMILES string of the molecule is O=C(NCCCc1ccccc1)C1CC1C(=O)Nc1ccc(C(F)(F)F)cc1. The van der Waals surface area contributed by atoms with E-state index in [4.69, 9.17) is 0 Å². The Labute approximate surface area is 161 Å². The quantitative estimate of drug-likeness (QED) is 0.702. The molecule has 0 spiro atoms. The zero-order valence-corrected chi connectivity index (χ0v) is 15.1. The van der Waals surface area contributed by atoms with E-state index in [1.807, 2.05) is 30.3 Å². The number of benzene rings is 2. The largest absolute Gasteiger partial charge is 0.416 e. The van der Waals surface area contributed by atoms with Crippen molar-refractivity contribution >= 4 is 17.5 Å². The van der Waals surface area contributed by atoms with Gasteiger partial charge >= 0.3 is 6.18 Å². The fourth-order valence-electron chi connectivity index (χ4n) is 3.03. The normalized spacial score (nSPS) is 18.4. The van der Waals surface area contributed by atoms with Gasteiger partial charge in [0, 0.05) is 12.2 Å². The standard InChI is InChI=1S/C21H21F3N2O2/c22-21(23,24)15-8-10-16(11-9-15)26-20(28)18-13-17(18)19(27)25-12-4-7-14-5-2-1-3-6-14/h1-3,5-6,8-11,17-18H,4,7,12-13H2,(H,25,27)(H,26,28). The van der Waals surface area contributed by atoms with E-state index in [0.717, 1.165) is 25.0 Å². The molecule has 1 saturated carbocycles. The molecule has 3 rings (SSSR count). The molecule has 28 heavy (non-hydrogen) atoms. The second-order valence-electron chi connectivity index (χ2n) is 6.89. The third-order valence-corrected chi connectivity index (χ3v) is 4.73. The molecule has 2 unspecified atom stereocenters. The number of alkyl halides is 3. The van der Waals surface area contributed by atoms with Crippen LogP contribution in [0, 0.1) is 11.8 Å². The van der Waals surface area contributed by atoms with Crippen LogP contribution in [0.2, 0.25) is 0 Å². The first-order valence-electron chi connectivity index (χ1n) is 9.14. The van der Waals surface area contributed by atoms with E-state index in [9.17, 15) is 22.8 Å². The van der Waals surface area contributed by atoms with E-state index in [2.05, 4.69) is 10.6 Å². The molecule has 0 saturated heterocycles. The Morgan fingerprint density at radius 2 is 1.57 bits per heavy atom. The molecule has 2 aromatic carbocycles. The van der Waals surface area contributed by atoms with Crippen molar-refractivity contribution in [2.75, 3.05) is 11.9 Å². The van der Waals surface area contributed by atoms with Crippen LogP contribution < -0.4 is 10.6 Å². The molecule has 0 aromatic heterocycles. The number of rotatable bonds is 7. The first kappa shape index (κ1) is 19.9. The van der Waals surface area contributed by atoms with Crippen LogP contribution in [0.1, 0.15) is 24.0 Å².